The molecule has 0 amide bonds. The summed E-state index contributed by atoms with van der Waals surface area (Å²) in [6, 6.07) is 14.0. The normalized spacial score (nSPS) is 14.2. The Morgan fingerprint density at radius 3 is 2.17 bits per heavy atom. The van der Waals surface area contributed by atoms with Crippen molar-refractivity contribution in [3.05, 3.63) is 64.2 Å². The molecule has 30 heavy (non-hydrogen) atoms. The Morgan fingerprint density at radius 2 is 1.67 bits per heavy atom. The molecule has 0 heterocycles. The van der Waals surface area contributed by atoms with Crippen LogP contribution in [0, 0.1) is 5.92 Å². The fourth-order valence-electron chi connectivity index (χ4n) is 3.48. The molecule has 0 saturated heterocycles. The number of carboxylic acid groups (broad SMARTS) is 1. The molecule has 5 heteroatoms. The maximum Gasteiger partial charge on any atom is 0.307 e. The summed E-state index contributed by atoms with van der Waals surface area (Å²) in [5.74, 6) is 0.323. The number of aliphatic carboxylic acids is 1. The van der Waals surface area contributed by atoms with Crippen molar-refractivity contribution < 1.29 is 14.6 Å². The van der Waals surface area contributed by atoms with Crippen molar-refractivity contribution in [3.8, 4) is 5.75 Å². The average Bonchev–Trinajstić information content (AvgIpc) is 2.69. The van der Waals surface area contributed by atoms with Crippen LogP contribution in [0.1, 0.15) is 62.6 Å². The molecule has 1 aliphatic carbocycles. The fraction of sp³-hybridized carbons (Fsp3) is 0.480. The van der Waals surface area contributed by atoms with Gasteiger partial charge in [0.05, 0.1) is 11.4 Å². The number of halogens is 1. The van der Waals surface area contributed by atoms with Gasteiger partial charge in [0.2, 0.25) is 0 Å². The van der Waals surface area contributed by atoms with Crippen molar-refractivity contribution in [2.45, 2.75) is 71.4 Å². The highest BCUT2D eigenvalue weighted by Crippen LogP contribution is 2.26. The van der Waals surface area contributed by atoms with Gasteiger partial charge in [-0.25, -0.2) is 0 Å². The largest absolute Gasteiger partial charge is 0.487 e. The maximum absolute atomic E-state index is 10.7. The Balaban J connectivity index is 0.000000386. The van der Waals surface area contributed by atoms with Crippen molar-refractivity contribution in [2.75, 3.05) is 0 Å². The Bertz CT molecular complexity index is 783. The summed E-state index contributed by atoms with van der Waals surface area (Å²) in [7, 11) is 0. The van der Waals surface area contributed by atoms with Gasteiger partial charge in [0, 0.05) is 6.04 Å². The first-order valence-corrected chi connectivity index (χ1v) is 11.2. The minimum absolute atomic E-state index is 0.0443. The third-order valence-corrected chi connectivity index (χ3v) is 5.36. The molecule has 4 nitrogen and oxygen atoms in total. The lowest BCUT2D eigenvalue weighted by molar-refractivity contribution is -0.136. The molecular weight excluding hydrogens is 398 g/mol. The average molecular weight is 432 g/mol. The summed E-state index contributed by atoms with van der Waals surface area (Å²) >= 11 is 6.14. The first-order valence-electron chi connectivity index (χ1n) is 10.8. The smallest absolute Gasteiger partial charge is 0.307 e. The van der Waals surface area contributed by atoms with E-state index in [4.69, 9.17) is 27.2 Å². The maximum atomic E-state index is 10.7. The van der Waals surface area contributed by atoms with E-state index in [9.17, 15) is 4.79 Å². The predicted octanol–water partition coefficient (Wildman–Crippen LogP) is 6.02. The fourth-order valence-corrected chi connectivity index (χ4v) is 3.74. The van der Waals surface area contributed by atoms with E-state index in [1.807, 2.05) is 0 Å². The Labute approximate surface area is 185 Å². The van der Waals surface area contributed by atoms with E-state index in [1.54, 1.807) is 18.2 Å². The lowest BCUT2D eigenvalue weighted by Gasteiger charge is -2.15. The van der Waals surface area contributed by atoms with Crippen LogP contribution in [0.5, 0.6) is 5.75 Å². The molecule has 2 aromatic rings. The van der Waals surface area contributed by atoms with Crippen LogP contribution in [0.2, 0.25) is 5.02 Å². The lowest BCUT2D eigenvalue weighted by atomic mass is 9.97. The number of ether oxygens (including phenoxy) is 1. The third kappa shape index (κ3) is 9.19. The van der Waals surface area contributed by atoms with E-state index in [1.165, 1.54) is 37.7 Å². The molecule has 3 N–H and O–H groups in total. The number of benzene rings is 2. The van der Waals surface area contributed by atoms with Gasteiger partial charge >= 0.3 is 5.97 Å². The zero-order chi connectivity index (χ0) is 21.9. The molecular formula is C25H34ClNO3. The highest BCUT2D eigenvalue weighted by molar-refractivity contribution is 6.32. The quantitative estimate of drug-likeness (QED) is 0.561. The van der Waals surface area contributed by atoms with E-state index >= 15 is 0 Å². The number of hydrogen-bond donors (Lipinski definition) is 2. The van der Waals surface area contributed by atoms with Gasteiger partial charge in [-0.1, -0.05) is 75.0 Å². The molecule has 0 bridgehead atoms. The van der Waals surface area contributed by atoms with Crippen molar-refractivity contribution in [1.82, 2.24) is 0 Å². The van der Waals surface area contributed by atoms with Gasteiger partial charge < -0.3 is 15.6 Å². The molecule has 0 aliphatic heterocycles. The van der Waals surface area contributed by atoms with Crippen molar-refractivity contribution >= 4 is 17.6 Å². The van der Waals surface area contributed by atoms with Gasteiger partial charge in [0.25, 0.3) is 0 Å². The van der Waals surface area contributed by atoms with E-state index in [0.717, 1.165) is 12.0 Å². The molecule has 2 aromatic carbocycles. The van der Waals surface area contributed by atoms with Gasteiger partial charge in [-0.15, -0.1) is 0 Å². The highest BCUT2D eigenvalue weighted by atomic mass is 35.5. The first kappa shape index (κ1) is 24.2. The monoisotopic (exact) mass is 431 g/mol. The second-order valence-electron chi connectivity index (χ2n) is 8.44. The molecule has 3 rings (SSSR count). The lowest BCUT2D eigenvalue weighted by Crippen LogP contribution is -2.22. The van der Waals surface area contributed by atoms with Gasteiger partial charge in [-0.05, 0) is 54.0 Å². The Kier molecular flexibility index (Phi) is 10.2. The molecule has 164 valence electrons. The van der Waals surface area contributed by atoms with Crippen LogP contribution >= 0.6 is 11.6 Å². The van der Waals surface area contributed by atoms with Gasteiger partial charge in [0.1, 0.15) is 12.4 Å². The van der Waals surface area contributed by atoms with Gasteiger partial charge in [-0.3, -0.25) is 4.79 Å². The number of carbonyl (C=O) groups is 1. The summed E-state index contributed by atoms with van der Waals surface area (Å²) in [6.45, 7) is 4.83. The minimum Gasteiger partial charge on any atom is -0.487 e. The van der Waals surface area contributed by atoms with Crippen LogP contribution in [-0.4, -0.2) is 17.1 Å². The second-order valence-corrected chi connectivity index (χ2v) is 8.84. The van der Waals surface area contributed by atoms with E-state index in [-0.39, 0.29) is 6.42 Å². The molecule has 0 atom stereocenters. The number of carboxylic acids is 1. The molecule has 1 fully saturated rings. The highest BCUT2D eigenvalue weighted by Gasteiger charge is 2.07. The summed E-state index contributed by atoms with van der Waals surface area (Å²) in [4.78, 5) is 10.7. The molecule has 0 radical (unpaired) electrons. The van der Waals surface area contributed by atoms with Crippen LogP contribution in [0.25, 0.3) is 0 Å². The SMILES string of the molecule is CC(C)Cc1ccc(COc2ccc(CC(=O)O)cc2Cl)cc1.NC1CCCCC1. The van der Waals surface area contributed by atoms with Crippen LogP contribution in [0.15, 0.2) is 42.5 Å². The number of nitrogens with two attached hydrogens (primary N) is 1. The molecule has 1 saturated carbocycles. The molecule has 1 aliphatic rings. The van der Waals surface area contributed by atoms with Gasteiger partial charge in [-0.2, -0.15) is 0 Å². The Morgan fingerprint density at radius 1 is 1.07 bits per heavy atom. The zero-order valence-corrected chi connectivity index (χ0v) is 18.8. The van der Waals surface area contributed by atoms with E-state index in [2.05, 4.69) is 38.1 Å². The van der Waals surface area contributed by atoms with E-state index in [0.29, 0.717) is 34.9 Å². The molecule has 0 unspecified atom stereocenters. The number of hydrogen-bond acceptors (Lipinski definition) is 3. The van der Waals surface area contributed by atoms with Crippen molar-refractivity contribution in [2.24, 2.45) is 11.7 Å². The molecule has 0 spiro atoms. The summed E-state index contributed by atoms with van der Waals surface area (Å²) in [6.07, 6.45) is 7.69. The van der Waals surface area contributed by atoms with Crippen LogP contribution < -0.4 is 10.5 Å². The summed E-state index contributed by atoms with van der Waals surface area (Å²) in [5.41, 5.74) is 8.69. The van der Waals surface area contributed by atoms with Crippen LogP contribution in [0.3, 0.4) is 0 Å². The third-order valence-electron chi connectivity index (χ3n) is 5.06. The van der Waals surface area contributed by atoms with E-state index < -0.39 is 5.97 Å². The topological polar surface area (TPSA) is 72.5 Å². The second kappa shape index (κ2) is 12.6. The Hall–Kier alpha value is -2.04. The summed E-state index contributed by atoms with van der Waals surface area (Å²) in [5, 5.41) is 9.21. The van der Waals surface area contributed by atoms with Crippen molar-refractivity contribution in [1.29, 1.82) is 0 Å². The van der Waals surface area contributed by atoms with Crippen molar-refractivity contribution in [3.63, 3.8) is 0 Å². The summed E-state index contributed by atoms with van der Waals surface area (Å²) < 4.78 is 5.72. The van der Waals surface area contributed by atoms with Crippen LogP contribution in [0.4, 0.5) is 0 Å². The van der Waals surface area contributed by atoms with Gasteiger partial charge in [0.15, 0.2) is 0 Å². The number of rotatable bonds is 7. The molecule has 0 aromatic heterocycles. The van der Waals surface area contributed by atoms with Crippen LogP contribution in [-0.2, 0) is 24.2 Å². The minimum atomic E-state index is -0.878. The first-order chi connectivity index (χ1) is 14.3. The zero-order valence-electron chi connectivity index (χ0n) is 18.1. The standard InChI is InChI=1S/C19H21ClO3.C6H13N/c1-13(2)9-14-3-5-15(6-4-14)12-23-18-8-7-16(10-17(18)20)11-19(21)22;7-6-4-2-1-3-5-6/h3-8,10,13H,9,11-12H2,1-2H3,(H,21,22);6H,1-5,7H2. The predicted molar refractivity (Wildman–Crippen MR) is 123 cm³/mol.